The molecular weight excluding hydrogens is 409 g/mol. The first-order valence-electron chi connectivity index (χ1n) is 11.8. The molecule has 0 aromatic heterocycles. The van der Waals surface area contributed by atoms with Crippen molar-refractivity contribution in [3.05, 3.63) is 34.9 Å². The van der Waals surface area contributed by atoms with E-state index >= 15 is 0 Å². The second-order valence-electron chi connectivity index (χ2n) is 10.2. The van der Waals surface area contributed by atoms with Gasteiger partial charge in [0, 0.05) is 30.6 Å². The molecule has 1 saturated carbocycles. The summed E-state index contributed by atoms with van der Waals surface area (Å²) in [4.78, 5) is 38.2. The van der Waals surface area contributed by atoms with Gasteiger partial charge in [0.15, 0.2) is 0 Å². The Balaban J connectivity index is 1.45. The lowest BCUT2D eigenvalue weighted by Crippen LogP contribution is -2.52. The Labute approximate surface area is 189 Å². The summed E-state index contributed by atoms with van der Waals surface area (Å²) in [6.07, 6.45) is 6.02. The van der Waals surface area contributed by atoms with Crippen molar-refractivity contribution in [3.8, 4) is 0 Å². The van der Waals surface area contributed by atoms with Gasteiger partial charge in [-0.1, -0.05) is 25.0 Å². The van der Waals surface area contributed by atoms with Crippen molar-refractivity contribution < 1.29 is 18.8 Å². The van der Waals surface area contributed by atoms with Crippen LogP contribution in [0, 0.1) is 5.92 Å². The van der Waals surface area contributed by atoms with E-state index in [-0.39, 0.29) is 36.2 Å². The summed E-state index contributed by atoms with van der Waals surface area (Å²) in [5.74, 6) is -0.380. The first kappa shape index (κ1) is 22.9. The number of hydrogen-bond donors (Lipinski definition) is 2. The van der Waals surface area contributed by atoms with Gasteiger partial charge in [-0.25, -0.2) is 4.39 Å². The zero-order valence-electron chi connectivity index (χ0n) is 19.2. The average molecular weight is 444 g/mol. The minimum Gasteiger partial charge on any atom is -0.322 e. The Morgan fingerprint density at radius 2 is 1.94 bits per heavy atom. The summed E-state index contributed by atoms with van der Waals surface area (Å²) in [7, 11) is 0. The summed E-state index contributed by atoms with van der Waals surface area (Å²) >= 11 is 0. The van der Waals surface area contributed by atoms with Crippen LogP contribution in [0.25, 0.3) is 0 Å². The normalized spacial score (nSPS) is 27.3. The van der Waals surface area contributed by atoms with Crippen LogP contribution in [0.3, 0.4) is 0 Å². The fourth-order valence-electron chi connectivity index (χ4n) is 5.25. The summed E-state index contributed by atoms with van der Waals surface area (Å²) in [5.41, 5.74) is 1.49. The van der Waals surface area contributed by atoms with E-state index in [1.807, 2.05) is 19.1 Å². The van der Waals surface area contributed by atoms with E-state index in [1.165, 1.54) is 12.0 Å². The zero-order valence-corrected chi connectivity index (χ0v) is 19.2. The highest BCUT2D eigenvalue weighted by atomic mass is 19.1. The smallest absolute Gasteiger partial charge is 0.255 e. The van der Waals surface area contributed by atoms with Gasteiger partial charge in [0.05, 0.1) is 0 Å². The SMILES string of the molecule is C[C@H](N[C@H]1CCCC[C@@H]1Cc1ccc2c(c1)CN(C1CCC(=O)NC1=O)C2=O)C(C)(C)F. The molecule has 2 N–H and O–H groups in total. The lowest BCUT2D eigenvalue weighted by molar-refractivity contribution is -0.136. The van der Waals surface area contributed by atoms with Crippen LogP contribution in [0.4, 0.5) is 4.39 Å². The molecule has 3 amide bonds. The number of hydrogen-bond acceptors (Lipinski definition) is 4. The van der Waals surface area contributed by atoms with E-state index < -0.39 is 11.7 Å². The second kappa shape index (κ2) is 8.93. The van der Waals surface area contributed by atoms with E-state index in [4.69, 9.17) is 0 Å². The molecule has 0 bridgehead atoms. The number of benzene rings is 1. The highest BCUT2D eigenvalue weighted by molar-refractivity contribution is 6.05. The number of piperidine rings is 1. The van der Waals surface area contributed by atoms with Gasteiger partial charge in [-0.15, -0.1) is 0 Å². The largest absolute Gasteiger partial charge is 0.322 e. The van der Waals surface area contributed by atoms with Gasteiger partial charge in [0.1, 0.15) is 11.7 Å². The molecule has 7 heteroatoms. The summed E-state index contributed by atoms with van der Waals surface area (Å²) < 4.78 is 14.4. The van der Waals surface area contributed by atoms with E-state index in [2.05, 4.69) is 16.7 Å². The molecule has 2 fully saturated rings. The Hall–Kier alpha value is -2.28. The summed E-state index contributed by atoms with van der Waals surface area (Å²) in [6, 6.07) is 5.45. The van der Waals surface area contributed by atoms with Crippen LogP contribution in [0.15, 0.2) is 18.2 Å². The minimum absolute atomic E-state index is 0.141. The van der Waals surface area contributed by atoms with Crippen LogP contribution in [-0.2, 0) is 22.6 Å². The highest BCUT2D eigenvalue weighted by Crippen LogP contribution is 2.32. The van der Waals surface area contributed by atoms with Crippen LogP contribution in [0.5, 0.6) is 0 Å². The van der Waals surface area contributed by atoms with Crippen molar-refractivity contribution in [1.29, 1.82) is 0 Å². The van der Waals surface area contributed by atoms with Gasteiger partial charge < -0.3 is 10.2 Å². The molecule has 1 aliphatic carbocycles. The van der Waals surface area contributed by atoms with Crippen molar-refractivity contribution in [2.24, 2.45) is 5.92 Å². The number of amides is 3. The first-order chi connectivity index (χ1) is 15.1. The average Bonchev–Trinajstić information content (AvgIpc) is 3.04. The van der Waals surface area contributed by atoms with Crippen LogP contribution >= 0.6 is 0 Å². The molecule has 1 aromatic carbocycles. The third-order valence-corrected chi connectivity index (χ3v) is 7.49. The first-order valence-corrected chi connectivity index (χ1v) is 11.8. The molecule has 174 valence electrons. The lowest BCUT2D eigenvalue weighted by Gasteiger charge is -2.37. The van der Waals surface area contributed by atoms with E-state index in [9.17, 15) is 18.8 Å². The molecule has 4 rings (SSSR count). The molecule has 4 atom stereocenters. The molecule has 32 heavy (non-hydrogen) atoms. The van der Waals surface area contributed by atoms with Gasteiger partial charge >= 0.3 is 0 Å². The van der Waals surface area contributed by atoms with Gasteiger partial charge in [0.25, 0.3) is 5.91 Å². The number of alkyl halides is 1. The van der Waals surface area contributed by atoms with Crippen LogP contribution < -0.4 is 10.6 Å². The molecule has 3 aliphatic rings. The topological polar surface area (TPSA) is 78.5 Å². The molecule has 6 nitrogen and oxygen atoms in total. The number of rotatable bonds is 6. The number of carbonyl (C=O) groups is 3. The van der Waals surface area contributed by atoms with Gasteiger partial charge in [-0.05, 0) is 69.6 Å². The number of fused-ring (bicyclic) bond motifs is 1. The van der Waals surface area contributed by atoms with Gasteiger partial charge in [-0.3, -0.25) is 19.7 Å². The van der Waals surface area contributed by atoms with Gasteiger partial charge in [-0.2, -0.15) is 0 Å². The number of carbonyl (C=O) groups excluding carboxylic acids is 3. The third kappa shape index (κ3) is 4.72. The lowest BCUT2D eigenvalue weighted by atomic mass is 9.79. The maximum atomic E-state index is 14.4. The Kier molecular flexibility index (Phi) is 6.39. The molecule has 2 aliphatic heterocycles. The van der Waals surface area contributed by atoms with Crippen LogP contribution in [-0.4, -0.2) is 46.4 Å². The number of nitrogens with one attached hydrogen (secondary N) is 2. The molecule has 0 spiro atoms. The third-order valence-electron chi connectivity index (χ3n) is 7.49. The van der Waals surface area contributed by atoms with Crippen molar-refractivity contribution >= 4 is 17.7 Å². The van der Waals surface area contributed by atoms with Crippen LogP contribution in [0.2, 0.25) is 0 Å². The maximum absolute atomic E-state index is 14.4. The quantitative estimate of drug-likeness (QED) is 0.662. The molecular formula is C25H34FN3O3. The predicted octanol–water partition coefficient (Wildman–Crippen LogP) is 3.28. The Morgan fingerprint density at radius 1 is 1.19 bits per heavy atom. The van der Waals surface area contributed by atoms with E-state index in [1.54, 1.807) is 18.7 Å². The summed E-state index contributed by atoms with van der Waals surface area (Å²) in [6.45, 7) is 5.55. The van der Waals surface area contributed by atoms with Crippen molar-refractivity contribution in [2.45, 2.75) is 96.1 Å². The number of halogens is 1. The van der Waals surface area contributed by atoms with Crippen molar-refractivity contribution in [3.63, 3.8) is 0 Å². The highest BCUT2D eigenvalue weighted by Gasteiger charge is 2.39. The molecule has 1 saturated heterocycles. The summed E-state index contributed by atoms with van der Waals surface area (Å²) in [5, 5.41) is 5.88. The predicted molar refractivity (Wildman–Crippen MR) is 120 cm³/mol. The number of imide groups is 1. The fourth-order valence-corrected chi connectivity index (χ4v) is 5.25. The molecule has 1 aromatic rings. The minimum atomic E-state index is -1.27. The molecule has 2 heterocycles. The zero-order chi connectivity index (χ0) is 23.0. The van der Waals surface area contributed by atoms with Crippen molar-refractivity contribution in [1.82, 2.24) is 15.5 Å². The molecule has 0 radical (unpaired) electrons. The standard InChI is InChI=1S/C25H34FN3O3/c1-15(25(2,3)26)27-20-7-5-4-6-17(20)12-16-8-9-19-18(13-16)14-29(24(19)32)21-10-11-22(30)28-23(21)31/h8-9,13,15,17,20-21,27H,4-7,10-12,14H2,1-3H3,(H,28,30,31)/t15-,17+,20-,21?/m0/s1. The van der Waals surface area contributed by atoms with Crippen molar-refractivity contribution in [2.75, 3.05) is 0 Å². The second-order valence-corrected chi connectivity index (χ2v) is 10.2. The fraction of sp³-hybridized carbons (Fsp3) is 0.640. The monoisotopic (exact) mass is 443 g/mol. The van der Waals surface area contributed by atoms with Gasteiger partial charge in [0.2, 0.25) is 11.8 Å². The number of nitrogens with zero attached hydrogens (tertiary/aromatic N) is 1. The molecule has 1 unspecified atom stereocenters. The van der Waals surface area contributed by atoms with E-state index in [0.717, 1.165) is 31.2 Å². The Bertz CT molecular complexity index is 910. The van der Waals surface area contributed by atoms with E-state index in [0.29, 0.717) is 24.4 Å². The Morgan fingerprint density at radius 3 is 2.66 bits per heavy atom. The van der Waals surface area contributed by atoms with Crippen LogP contribution in [0.1, 0.15) is 80.8 Å². The maximum Gasteiger partial charge on any atom is 0.255 e.